The van der Waals surface area contributed by atoms with E-state index in [1.807, 2.05) is 39.8 Å². The number of ether oxygens (including phenoxy) is 1. The van der Waals surface area contributed by atoms with Gasteiger partial charge in [0.05, 0.1) is 11.5 Å². The van der Waals surface area contributed by atoms with Crippen molar-refractivity contribution >= 4 is 5.97 Å². The Morgan fingerprint density at radius 2 is 2.11 bits per heavy atom. The number of aliphatic hydroxyl groups excluding tert-OH is 1. The van der Waals surface area contributed by atoms with E-state index in [4.69, 9.17) is 4.74 Å². The SMILES string of the molecule is C/C=C\C[C@H](O)CC[C@@H]1[C@H]2C(=C[C@H](C)C[C@@H]2OC(=O)C(C)(C)CC)C=C[C@@H]1C. The molecule has 3 heteroatoms. The fourth-order valence-electron chi connectivity index (χ4n) is 4.46. The Balaban J connectivity index is 2.19. The molecule has 1 N–H and O–H groups in total. The quantitative estimate of drug-likeness (QED) is 0.419. The molecule has 0 saturated carbocycles. The van der Waals surface area contributed by atoms with Crippen molar-refractivity contribution in [2.45, 2.75) is 85.9 Å². The van der Waals surface area contributed by atoms with E-state index >= 15 is 0 Å². The molecule has 0 bridgehead atoms. The van der Waals surface area contributed by atoms with Crippen LogP contribution < -0.4 is 0 Å². The molecule has 0 fully saturated rings. The Bertz CT molecular complexity index is 613. The first-order valence-corrected chi connectivity index (χ1v) is 11.1. The van der Waals surface area contributed by atoms with Crippen molar-refractivity contribution in [3.8, 4) is 0 Å². The number of hydrogen-bond acceptors (Lipinski definition) is 3. The number of aliphatic hydroxyl groups is 1. The first-order chi connectivity index (χ1) is 13.2. The zero-order valence-electron chi connectivity index (χ0n) is 18.7. The summed E-state index contributed by atoms with van der Waals surface area (Å²) in [4.78, 5) is 12.8. The summed E-state index contributed by atoms with van der Waals surface area (Å²) >= 11 is 0. The predicted molar refractivity (Wildman–Crippen MR) is 116 cm³/mol. The van der Waals surface area contributed by atoms with Crippen molar-refractivity contribution in [2.75, 3.05) is 0 Å². The smallest absolute Gasteiger partial charge is 0.311 e. The van der Waals surface area contributed by atoms with Crippen molar-refractivity contribution in [2.24, 2.45) is 29.1 Å². The molecule has 0 aromatic rings. The number of carbonyl (C=O) groups excluding carboxylic acids is 1. The maximum Gasteiger partial charge on any atom is 0.311 e. The maximum atomic E-state index is 12.8. The van der Waals surface area contributed by atoms with E-state index < -0.39 is 5.41 Å². The van der Waals surface area contributed by atoms with Crippen LogP contribution in [-0.4, -0.2) is 23.3 Å². The number of rotatable bonds is 8. The molecule has 28 heavy (non-hydrogen) atoms. The van der Waals surface area contributed by atoms with Crippen molar-refractivity contribution in [1.29, 1.82) is 0 Å². The van der Waals surface area contributed by atoms with Gasteiger partial charge in [0.15, 0.2) is 0 Å². The summed E-state index contributed by atoms with van der Waals surface area (Å²) in [5.74, 6) is 1.38. The third-order valence-electron chi connectivity index (χ3n) is 6.77. The van der Waals surface area contributed by atoms with Crippen LogP contribution in [0.15, 0.2) is 36.0 Å². The molecular weight excluding hydrogens is 348 g/mol. The molecule has 0 heterocycles. The Morgan fingerprint density at radius 1 is 1.39 bits per heavy atom. The van der Waals surface area contributed by atoms with Gasteiger partial charge < -0.3 is 9.84 Å². The van der Waals surface area contributed by atoms with Crippen molar-refractivity contribution in [1.82, 2.24) is 0 Å². The highest BCUT2D eigenvalue weighted by Gasteiger charge is 2.42. The highest BCUT2D eigenvalue weighted by atomic mass is 16.5. The summed E-state index contributed by atoms with van der Waals surface area (Å²) in [6.07, 6.45) is 14.6. The normalized spacial score (nSPS) is 31.4. The Hall–Kier alpha value is -1.35. The van der Waals surface area contributed by atoms with Gasteiger partial charge in [-0.1, -0.05) is 51.2 Å². The second-order valence-electron chi connectivity index (χ2n) is 9.50. The lowest BCUT2D eigenvalue weighted by Gasteiger charge is -2.43. The van der Waals surface area contributed by atoms with Crippen LogP contribution in [0.5, 0.6) is 0 Å². The standard InChI is InChI=1S/C25H40O3/c1-7-9-10-20(26)13-14-21-18(4)11-12-19-15-17(3)16-22(23(19)21)28-24(27)25(5,6)8-2/h7,9,11-12,15,17-18,20-23,26H,8,10,13-14,16H2,1-6H3/b9-7-/t17-,18-,20-,21-,22-,23+/m0/s1. The van der Waals surface area contributed by atoms with Gasteiger partial charge in [0, 0.05) is 5.92 Å². The zero-order valence-corrected chi connectivity index (χ0v) is 18.7. The van der Waals surface area contributed by atoms with Gasteiger partial charge in [-0.3, -0.25) is 4.79 Å². The van der Waals surface area contributed by atoms with E-state index in [1.165, 1.54) is 5.57 Å². The molecular formula is C25H40O3. The Labute approximate surface area is 171 Å². The summed E-state index contributed by atoms with van der Waals surface area (Å²) in [6.45, 7) is 12.4. The van der Waals surface area contributed by atoms with E-state index in [-0.39, 0.29) is 24.1 Å². The van der Waals surface area contributed by atoms with Crippen molar-refractivity contribution in [3.63, 3.8) is 0 Å². The van der Waals surface area contributed by atoms with Crippen molar-refractivity contribution < 1.29 is 14.6 Å². The van der Waals surface area contributed by atoms with Crippen LogP contribution in [0.4, 0.5) is 0 Å². The minimum atomic E-state index is -0.446. The predicted octanol–water partition coefficient (Wildman–Crippen LogP) is 5.85. The molecule has 0 aromatic carbocycles. The van der Waals surface area contributed by atoms with Crippen LogP contribution in [0, 0.1) is 29.1 Å². The first kappa shape index (κ1) is 22.9. The Morgan fingerprint density at radius 3 is 2.75 bits per heavy atom. The zero-order chi connectivity index (χ0) is 20.9. The lowest BCUT2D eigenvalue weighted by Crippen LogP contribution is -2.43. The summed E-state index contributed by atoms with van der Waals surface area (Å²) in [7, 11) is 0. The molecule has 0 unspecified atom stereocenters. The topological polar surface area (TPSA) is 46.5 Å². The van der Waals surface area contributed by atoms with E-state index in [0.29, 0.717) is 24.2 Å². The lowest BCUT2D eigenvalue weighted by molar-refractivity contribution is -0.164. The first-order valence-electron chi connectivity index (χ1n) is 11.1. The van der Waals surface area contributed by atoms with E-state index in [0.717, 1.165) is 25.7 Å². The lowest BCUT2D eigenvalue weighted by atomic mass is 9.65. The number of esters is 1. The molecule has 2 aliphatic rings. The van der Waals surface area contributed by atoms with E-state index in [1.54, 1.807) is 0 Å². The Kier molecular flexibility index (Phi) is 8.12. The number of fused-ring (bicyclic) bond motifs is 1. The number of hydrogen-bond donors (Lipinski definition) is 1. The van der Waals surface area contributed by atoms with Crippen LogP contribution in [0.25, 0.3) is 0 Å². The molecule has 0 radical (unpaired) electrons. The van der Waals surface area contributed by atoms with Crippen LogP contribution in [0.1, 0.15) is 73.6 Å². The molecule has 0 aliphatic heterocycles. The molecule has 6 atom stereocenters. The molecule has 2 rings (SSSR count). The van der Waals surface area contributed by atoms with Gasteiger partial charge in [-0.2, -0.15) is 0 Å². The minimum Gasteiger partial charge on any atom is -0.461 e. The summed E-state index contributed by atoms with van der Waals surface area (Å²) in [5, 5.41) is 10.3. The van der Waals surface area contributed by atoms with Gasteiger partial charge in [0.25, 0.3) is 0 Å². The molecule has 0 amide bonds. The van der Waals surface area contributed by atoms with Gasteiger partial charge in [-0.15, -0.1) is 0 Å². The van der Waals surface area contributed by atoms with E-state index in [2.05, 4.69) is 32.1 Å². The molecule has 0 spiro atoms. The summed E-state index contributed by atoms with van der Waals surface area (Å²) < 4.78 is 6.15. The van der Waals surface area contributed by atoms with Crippen LogP contribution in [0.3, 0.4) is 0 Å². The summed E-state index contributed by atoms with van der Waals surface area (Å²) in [6, 6.07) is 0. The van der Waals surface area contributed by atoms with Gasteiger partial charge >= 0.3 is 5.97 Å². The van der Waals surface area contributed by atoms with Crippen molar-refractivity contribution in [3.05, 3.63) is 36.0 Å². The van der Waals surface area contributed by atoms with E-state index in [9.17, 15) is 9.90 Å². The molecule has 0 saturated heterocycles. The molecule has 158 valence electrons. The van der Waals surface area contributed by atoms with Crippen LogP contribution >= 0.6 is 0 Å². The second kappa shape index (κ2) is 9.91. The highest BCUT2D eigenvalue weighted by Crippen LogP contribution is 2.45. The fraction of sp³-hybridized carbons (Fsp3) is 0.720. The number of allylic oxidation sites excluding steroid dienone is 4. The second-order valence-corrected chi connectivity index (χ2v) is 9.50. The molecule has 3 nitrogen and oxygen atoms in total. The number of carbonyl (C=O) groups is 1. The monoisotopic (exact) mass is 388 g/mol. The van der Waals surface area contributed by atoms with Crippen LogP contribution in [0.2, 0.25) is 0 Å². The van der Waals surface area contributed by atoms with Gasteiger partial charge in [0.2, 0.25) is 0 Å². The minimum absolute atomic E-state index is 0.0709. The average Bonchev–Trinajstić information content (AvgIpc) is 2.65. The van der Waals surface area contributed by atoms with Gasteiger partial charge in [0.1, 0.15) is 6.10 Å². The average molecular weight is 389 g/mol. The third-order valence-corrected chi connectivity index (χ3v) is 6.77. The van der Waals surface area contributed by atoms with Gasteiger partial charge in [-0.05, 0) is 76.2 Å². The highest BCUT2D eigenvalue weighted by molar-refractivity contribution is 5.76. The third kappa shape index (κ3) is 5.59. The largest absolute Gasteiger partial charge is 0.461 e. The van der Waals surface area contributed by atoms with Gasteiger partial charge in [-0.25, -0.2) is 0 Å². The van der Waals surface area contributed by atoms with Crippen LogP contribution in [-0.2, 0) is 9.53 Å². The molecule has 2 aliphatic carbocycles. The fourth-order valence-corrected chi connectivity index (χ4v) is 4.46. The maximum absolute atomic E-state index is 12.8. The summed E-state index contributed by atoms with van der Waals surface area (Å²) in [5.41, 5.74) is 0.871. The molecule has 0 aromatic heterocycles.